The van der Waals surface area contributed by atoms with Gasteiger partial charge in [-0.2, -0.15) is 0 Å². The van der Waals surface area contributed by atoms with Gasteiger partial charge in [0.1, 0.15) is 17.6 Å². The van der Waals surface area contributed by atoms with Gasteiger partial charge in [0.05, 0.1) is 5.69 Å². The highest BCUT2D eigenvalue weighted by molar-refractivity contribution is 7.93. The molecule has 174 valence electrons. The van der Waals surface area contributed by atoms with Crippen molar-refractivity contribution in [3.63, 3.8) is 0 Å². The Balaban J connectivity index is 1.84. The van der Waals surface area contributed by atoms with E-state index in [-0.39, 0.29) is 31.0 Å². The van der Waals surface area contributed by atoms with E-state index >= 15 is 0 Å². The minimum Gasteiger partial charge on any atom is -0.350 e. The zero-order chi connectivity index (χ0) is 23.5. The number of hydrazine groups is 1. The second-order valence-corrected chi connectivity index (χ2v) is 10.5. The normalized spacial score (nSPS) is 21.0. The van der Waals surface area contributed by atoms with Crippen LogP contribution in [-0.4, -0.2) is 38.2 Å². The van der Waals surface area contributed by atoms with E-state index in [0.29, 0.717) is 11.6 Å². The van der Waals surface area contributed by atoms with Crippen molar-refractivity contribution in [1.29, 1.82) is 0 Å². The molecule has 1 fully saturated rings. The lowest BCUT2D eigenvalue weighted by Crippen LogP contribution is -2.50. The van der Waals surface area contributed by atoms with Crippen LogP contribution in [0.4, 0.5) is 10.1 Å². The van der Waals surface area contributed by atoms with E-state index in [1.165, 1.54) is 16.4 Å². The number of hydrogen-bond acceptors (Lipinski definition) is 5. The Morgan fingerprint density at radius 1 is 1.03 bits per heavy atom. The van der Waals surface area contributed by atoms with Gasteiger partial charge in [-0.1, -0.05) is 38.1 Å². The molecule has 1 heterocycles. The summed E-state index contributed by atoms with van der Waals surface area (Å²) in [5.74, 6) is -0.495. The zero-order valence-corrected chi connectivity index (χ0v) is 19.6. The van der Waals surface area contributed by atoms with Gasteiger partial charge < -0.3 is 5.32 Å². The molecular formula is C23H31FN4O3S. The van der Waals surface area contributed by atoms with E-state index in [9.17, 15) is 17.6 Å². The quantitative estimate of drug-likeness (QED) is 0.561. The van der Waals surface area contributed by atoms with Gasteiger partial charge in [-0.05, 0) is 55.2 Å². The molecule has 9 heteroatoms. The number of hydrogen-bond donors (Lipinski definition) is 3. The predicted molar refractivity (Wildman–Crippen MR) is 124 cm³/mol. The highest BCUT2D eigenvalue weighted by Crippen LogP contribution is 2.27. The number of anilines is 1. The minimum absolute atomic E-state index is 0.179. The van der Waals surface area contributed by atoms with Crippen LogP contribution in [0, 0.1) is 5.82 Å². The lowest BCUT2D eigenvalue weighted by molar-refractivity contribution is -0.119. The first-order chi connectivity index (χ1) is 15.1. The minimum atomic E-state index is -3.87. The van der Waals surface area contributed by atoms with Crippen molar-refractivity contribution >= 4 is 21.6 Å². The number of nitrogens with zero attached hydrogens (tertiary/aromatic N) is 1. The van der Waals surface area contributed by atoms with Crippen LogP contribution in [0.2, 0.25) is 0 Å². The maximum Gasteiger partial charge on any atom is 0.241 e. The maximum atomic E-state index is 13.6. The molecule has 0 aromatic heterocycles. The van der Waals surface area contributed by atoms with E-state index in [4.69, 9.17) is 0 Å². The fourth-order valence-corrected chi connectivity index (χ4v) is 6.04. The van der Waals surface area contributed by atoms with Crippen molar-refractivity contribution in [3.8, 4) is 0 Å². The van der Waals surface area contributed by atoms with E-state index < -0.39 is 21.2 Å². The van der Waals surface area contributed by atoms with E-state index in [0.717, 1.165) is 11.1 Å². The first-order valence-corrected chi connectivity index (χ1v) is 12.2. The molecule has 7 nitrogen and oxygen atoms in total. The molecule has 1 saturated heterocycles. The van der Waals surface area contributed by atoms with Crippen molar-refractivity contribution in [1.82, 2.24) is 16.2 Å². The Bertz CT molecular complexity index is 1020. The molecule has 2 unspecified atom stereocenters. The SMILES string of the molecule is CC(C)c1ccc(N(CC(=O)NCc2ccc(F)cc2)S(=O)(=O)C2C(C)NNC2C)cc1. The Kier molecular flexibility index (Phi) is 7.53. The molecule has 0 saturated carbocycles. The van der Waals surface area contributed by atoms with Gasteiger partial charge in [0.25, 0.3) is 0 Å². The molecule has 2 atom stereocenters. The number of benzene rings is 2. The molecule has 3 rings (SSSR count). The topological polar surface area (TPSA) is 90.5 Å². The van der Waals surface area contributed by atoms with Crippen LogP contribution in [0.3, 0.4) is 0 Å². The molecule has 3 N–H and O–H groups in total. The molecule has 32 heavy (non-hydrogen) atoms. The van der Waals surface area contributed by atoms with Gasteiger partial charge in [0, 0.05) is 18.6 Å². The molecule has 0 aliphatic carbocycles. The summed E-state index contributed by atoms with van der Waals surface area (Å²) < 4.78 is 41.6. The third-order valence-electron chi connectivity index (χ3n) is 5.71. The van der Waals surface area contributed by atoms with E-state index in [2.05, 4.69) is 30.0 Å². The monoisotopic (exact) mass is 462 g/mol. The largest absolute Gasteiger partial charge is 0.350 e. The summed E-state index contributed by atoms with van der Waals surface area (Å²) >= 11 is 0. The standard InChI is InChI=1S/C23H31FN4O3S/c1-15(2)19-7-11-21(12-8-19)28(32(30,31)23-16(3)26-27-17(23)4)14-22(29)25-13-18-5-9-20(24)10-6-18/h5-12,15-17,23,26-27H,13-14H2,1-4H3,(H,25,29). The van der Waals surface area contributed by atoms with Crippen LogP contribution in [0.25, 0.3) is 0 Å². The third-order valence-corrected chi connectivity index (χ3v) is 8.17. The van der Waals surface area contributed by atoms with Crippen LogP contribution in [0.5, 0.6) is 0 Å². The van der Waals surface area contributed by atoms with Gasteiger partial charge in [-0.3, -0.25) is 20.0 Å². The van der Waals surface area contributed by atoms with Crippen LogP contribution >= 0.6 is 0 Å². The molecule has 2 aromatic carbocycles. The molecule has 1 aliphatic rings. The highest BCUT2D eigenvalue weighted by atomic mass is 32.2. The summed E-state index contributed by atoms with van der Waals surface area (Å²) in [7, 11) is -3.87. The van der Waals surface area contributed by atoms with E-state index in [1.54, 1.807) is 38.1 Å². The lowest BCUT2D eigenvalue weighted by atomic mass is 10.0. The van der Waals surface area contributed by atoms with Crippen molar-refractivity contribution in [3.05, 3.63) is 65.5 Å². The molecule has 0 radical (unpaired) electrons. The lowest BCUT2D eigenvalue weighted by Gasteiger charge is -2.30. The van der Waals surface area contributed by atoms with Crippen molar-refractivity contribution in [2.24, 2.45) is 0 Å². The Labute approximate surface area is 189 Å². The first-order valence-electron chi connectivity index (χ1n) is 10.7. The van der Waals surface area contributed by atoms with Gasteiger partial charge in [0.15, 0.2) is 0 Å². The summed E-state index contributed by atoms with van der Waals surface area (Å²) in [6, 6.07) is 12.4. The number of carbonyl (C=O) groups excluding carboxylic acids is 1. The Hall–Kier alpha value is -2.49. The summed E-state index contributed by atoms with van der Waals surface area (Å²) in [6.45, 7) is 7.55. The van der Waals surface area contributed by atoms with Gasteiger partial charge >= 0.3 is 0 Å². The Morgan fingerprint density at radius 2 is 1.59 bits per heavy atom. The highest BCUT2D eigenvalue weighted by Gasteiger charge is 2.44. The zero-order valence-electron chi connectivity index (χ0n) is 18.8. The Morgan fingerprint density at radius 3 is 2.12 bits per heavy atom. The molecule has 1 aliphatic heterocycles. The molecule has 2 aromatic rings. The van der Waals surface area contributed by atoms with Crippen LogP contribution in [0.1, 0.15) is 44.7 Å². The predicted octanol–water partition coefficient (Wildman–Crippen LogP) is 2.66. The average molecular weight is 463 g/mol. The smallest absolute Gasteiger partial charge is 0.241 e. The average Bonchev–Trinajstić information content (AvgIpc) is 3.10. The molecule has 0 bridgehead atoms. The van der Waals surface area contributed by atoms with E-state index in [1.807, 2.05) is 12.1 Å². The van der Waals surface area contributed by atoms with Crippen LogP contribution in [-0.2, 0) is 21.4 Å². The van der Waals surface area contributed by atoms with Gasteiger partial charge in [-0.15, -0.1) is 0 Å². The number of sulfonamides is 1. The number of nitrogens with one attached hydrogen (secondary N) is 3. The summed E-state index contributed by atoms with van der Waals surface area (Å²) in [5, 5.41) is 2.00. The number of carbonyl (C=O) groups is 1. The fraction of sp³-hybridized carbons (Fsp3) is 0.435. The summed E-state index contributed by atoms with van der Waals surface area (Å²) in [6.07, 6.45) is 0. The second-order valence-electron chi connectivity index (χ2n) is 8.53. The first kappa shape index (κ1) is 24.2. The fourth-order valence-electron chi connectivity index (χ4n) is 3.87. The molecular weight excluding hydrogens is 431 g/mol. The molecule has 0 spiro atoms. The summed E-state index contributed by atoms with van der Waals surface area (Å²) in [5.41, 5.74) is 8.19. The third kappa shape index (κ3) is 5.46. The van der Waals surface area contributed by atoms with Crippen molar-refractivity contribution < 1.29 is 17.6 Å². The number of halogens is 1. The maximum absolute atomic E-state index is 13.6. The summed E-state index contributed by atoms with van der Waals surface area (Å²) in [4.78, 5) is 12.7. The van der Waals surface area contributed by atoms with Crippen LogP contribution < -0.4 is 20.5 Å². The number of rotatable bonds is 8. The van der Waals surface area contributed by atoms with Gasteiger partial charge in [0.2, 0.25) is 15.9 Å². The molecule has 1 amide bonds. The van der Waals surface area contributed by atoms with Crippen LogP contribution in [0.15, 0.2) is 48.5 Å². The van der Waals surface area contributed by atoms with Crippen molar-refractivity contribution in [2.45, 2.75) is 57.5 Å². The van der Waals surface area contributed by atoms with Crippen molar-refractivity contribution in [2.75, 3.05) is 10.8 Å². The second kappa shape index (κ2) is 9.97. The number of amides is 1. The van der Waals surface area contributed by atoms with Gasteiger partial charge in [-0.25, -0.2) is 12.8 Å².